The van der Waals surface area contributed by atoms with Gasteiger partial charge in [-0.05, 0) is 47.7 Å². The Kier molecular flexibility index (Phi) is 9.10. The second kappa shape index (κ2) is 12.7. The zero-order chi connectivity index (χ0) is 27.0. The molecule has 11 nitrogen and oxygen atoms in total. The van der Waals surface area contributed by atoms with Gasteiger partial charge in [0, 0.05) is 26.7 Å². The van der Waals surface area contributed by atoms with E-state index in [0.29, 0.717) is 29.9 Å². The Bertz CT molecular complexity index is 1480. The molecule has 0 aliphatic carbocycles. The van der Waals surface area contributed by atoms with Gasteiger partial charge in [0.15, 0.2) is 17.0 Å². The van der Waals surface area contributed by atoms with Crippen molar-refractivity contribution in [3.8, 4) is 0 Å². The first-order valence-electron chi connectivity index (χ1n) is 11.9. The molecule has 2 heterocycles. The molecule has 0 bridgehead atoms. The van der Waals surface area contributed by atoms with Crippen molar-refractivity contribution in [1.82, 2.24) is 29.6 Å². The van der Waals surface area contributed by atoms with Crippen molar-refractivity contribution in [2.24, 2.45) is 0 Å². The minimum absolute atomic E-state index is 0.139. The lowest BCUT2D eigenvalue weighted by Crippen LogP contribution is -2.25. The standard InChI is InChI=1S/C25H28ClN7O4S/c1-27-22-21-23(32-24(26)31-22)33(17-29-21)13-5-6-14-37-25(34)28-15-19-9-11-20(12-10-19)38(35,36)30-16-18-7-3-2-4-8-18/h2-4,7-12,17,30H,5-6,13-16H2,1H3,(H,28,34)(H,27,31,32). The Labute approximate surface area is 225 Å². The molecule has 4 rings (SSSR count). The van der Waals surface area contributed by atoms with Crippen LogP contribution in [0.3, 0.4) is 0 Å². The van der Waals surface area contributed by atoms with Gasteiger partial charge in [0.2, 0.25) is 15.3 Å². The van der Waals surface area contributed by atoms with Crippen LogP contribution in [0.1, 0.15) is 24.0 Å². The van der Waals surface area contributed by atoms with E-state index in [1.807, 2.05) is 34.9 Å². The molecule has 2 aromatic heterocycles. The van der Waals surface area contributed by atoms with E-state index in [1.54, 1.807) is 25.5 Å². The van der Waals surface area contributed by atoms with Crippen LogP contribution >= 0.6 is 11.6 Å². The van der Waals surface area contributed by atoms with Crippen LogP contribution in [0.15, 0.2) is 65.8 Å². The lowest BCUT2D eigenvalue weighted by molar-refractivity contribution is 0.143. The van der Waals surface area contributed by atoms with E-state index in [0.717, 1.165) is 17.5 Å². The predicted molar refractivity (Wildman–Crippen MR) is 144 cm³/mol. The number of fused-ring (bicyclic) bond motifs is 1. The van der Waals surface area contributed by atoms with E-state index < -0.39 is 16.1 Å². The van der Waals surface area contributed by atoms with Gasteiger partial charge in [-0.1, -0.05) is 42.5 Å². The molecule has 2 aromatic carbocycles. The number of unbranched alkanes of at least 4 members (excludes halogenated alkanes) is 1. The van der Waals surface area contributed by atoms with E-state index in [-0.39, 0.29) is 29.9 Å². The average Bonchev–Trinajstić information content (AvgIpc) is 3.33. The number of carbonyl (C=O) groups excluding carboxylic acids is 1. The van der Waals surface area contributed by atoms with Crippen molar-refractivity contribution in [2.45, 2.75) is 37.4 Å². The Hall–Kier alpha value is -3.74. The molecule has 0 atom stereocenters. The van der Waals surface area contributed by atoms with E-state index in [9.17, 15) is 13.2 Å². The molecule has 1 amide bonds. The van der Waals surface area contributed by atoms with Crippen LogP contribution in [0.25, 0.3) is 11.2 Å². The number of benzene rings is 2. The number of hydrogen-bond donors (Lipinski definition) is 3. The summed E-state index contributed by atoms with van der Waals surface area (Å²) in [4.78, 5) is 24.9. The summed E-state index contributed by atoms with van der Waals surface area (Å²) in [6.07, 6.45) is 2.52. The zero-order valence-corrected chi connectivity index (χ0v) is 22.3. The number of nitrogens with one attached hydrogen (secondary N) is 3. The molecule has 3 N–H and O–H groups in total. The Balaban J connectivity index is 1.17. The van der Waals surface area contributed by atoms with Crippen LogP contribution in [-0.2, 0) is 34.4 Å². The van der Waals surface area contributed by atoms with Gasteiger partial charge in [0.1, 0.15) is 0 Å². The Morgan fingerprint density at radius 1 is 1.00 bits per heavy atom. The number of aryl methyl sites for hydroxylation is 1. The van der Waals surface area contributed by atoms with E-state index in [1.165, 1.54) is 12.1 Å². The van der Waals surface area contributed by atoms with Crippen LogP contribution in [0.4, 0.5) is 10.6 Å². The number of rotatable bonds is 12. The number of ether oxygens (including phenoxy) is 1. The normalized spacial score (nSPS) is 11.4. The number of sulfonamides is 1. The van der Waals surface area contributed by atoms with Crippen molar-refractivity contribution in [2.75, 3.05) is 19.0 Å². The highest BCUT2D eigenvalue weighted by Crippen LogP contribution is 2.20. The Morgan fingerprint density at radius 3 is 2.47 bits per heavy atom. The van der Waals surface area contributed by atoms with Gasteiger partial charge in [-0.15, -0.1) is 0 Å². The maximum atomic E-state index is 12.5. The minimum atomic E-state index is -3.64. The van der Waals surface area contributed by atoms with Gasteiger partial charge < -0.3 is 19.9 Å². The molecule has 0 aliphatic rings. The SMILES string of the molecule is CNc1nc(Cl)nc2c1ncn2CCCCOC(=O)NCc1ccc(S(=O)(=O)NCc2ccccc2)cc1. The van der Waals surface area contributed by atoms with Crippen LogP contribution < -0.4 is 15.4 Å². The third kappa shape index (κ3) is 7.18. The molecule has 0 saturated heterocycles. The highest BCUT2D eigenvalue weighted by molar-refractivity contribution is 7.89. The number of aromatic nitrogens is 4. The number of nitrogens with zero attached hydrogens (tertiary/aromatic N) is 4. The minimum Gasteiger partial charge on any atom is -0.450 e. The molecular weight excluding hydrogens is 530 g/mol. The summed E-state index contributed by atoms with van der Waals surface area (Å²) >= 11 is 5.99. The van der Waals surface area contributed by atoms with Crippen LogP contribution in [0.2, 0.25) is 5.28 Å². The Morgan fingerprint density at radius 2 is 1.74 bits per heavy atom. The topological polar surface area (TPSA) is 140 Å². The third-order valence-electron chi connectivity index (χ3n) is 5.68. The van der Waals surface area contributed by atoms with Gasteiger partial charge in [-0.3, -0.25) is 0 Å². The molecular formula is C25H28ClN7O4S. The summed E-state index contributed by atoms with van der Waals surface area (Å²) in [5.74, 6) is 0.565. The van der Waals surface area contributed by atoms with Crippen LogP contribution in [0.5, 0.6) is 0 Å². The van der Waals surface area contributed by atoms with E-state index in [4.69, 9.17) is 16.3 Å². The number of anilines is 1. The molecule has 13 heteroatoms. The lowest BCUT2D eigenvalue weighted by Gasteiger charge is -2.09. The van der Waals surface area contributed by atoms with Crippen LogP contribution in [0, 0.1) is 0 Å². The maximum absolute atomic E-state index is 12.5. The molecule has 0 radical (unpaired) electrons. The van der Waals surface area contributed by atoms with Crippen molar-refractivity contribution >= 4 is 44.7 Å². The molecule has 200 valence electrons. The number of hydrogen-bond acceptors (Lipinski definition) is 8. The smallest absolute Gasteiger partial charge is 0.407 e. The number of carbonyl (C=O) groups is 1. The van der Waals surface area contributed by atoms with Gasteiger partial charge in [0.25, 0.3) is 0 Å². The summed E-state index contributed by atoms with van der Waals surface area (Å²) in [6, 6.07) is 15.6. The highest BCUT2D eigenvalue weighted by atomic mass is 35.5. The van der Waals surface area contributed by atoms with Crippen molar-refractivity contribution in [3.05, 3.63) is 77.3 Å². The fourth-order valence-corrected chi connectivity index (χ4v) is 4.86. The molecule has 0 saturated carbocycles. The first-order chi connectivity index (χ1) is 18.4. The zero-order valence-electron chi connectivity index (χ0n) is 20.7. The molecule has 0 fully saturated rings. The molecule has 0 aliphatic heterocycles. The van der Waals surface area contributed by atoms with E-state index in [2.05, 4.69) is 30.3 Å². The summed E-state index contributed by atoms with van der Waals surface area (Å²) in [5, 5.41) is 5.76. The first-order valence-corrected chi connectivity index (χ1v) is 13.8. The van der Waals surface area contributed by atoms with Gasteiger partial charge in [0.05, 0.1) is 17.8 Å². The molecule has 0 unspecified atom stereocenters. The number of imidazole rings is 1. The van der Waals surface area contributed by atoms with Crippen LogP contribution in [-0.4, -0.2) is 47.7 Å². The fraction of sp³-hybridized carbons (Fsp3) is 0.280. The maximum Gasteiger partial charge on any atom is 0.407 e. The summed E-state index contributed by atoms with van der Waals surface area (Å²) in [7, 11) is -1.90. The quantitative estimate of drug-likeness (QED) is 0.177. The highest BCUT2D eigenvalue weighted by Gasteiger charge is 2.14. The van der Waals surface area contributed by atoms with Crippen molar-refractivity contribution in [3.63, 3.8) is 0 Å². The second-order valence-electron chi connectivity index (χ2n) is 8.35. The summed E-state index contributed by atoms with van der Waals surface area (Å²) < 4.78 is 34.7. The summed E-state index contributed by atoms with van der Waals surface area (Å²) in [5.41, 5.74) is 2.89. The third-order valence-corrected chi connectivity index (χ3v) is 7.27. The average molecular weight is 558 g/mol. The van der Waals surface area contributed by atoms with Gasteiger partial charge >= 0.3 is 6.09 Å². The lowest BCUT2D eigenvalue weighted by atomic mass is 10.2. The van der Waals surface area contributed by atoms with Gasteiger partial charge in [-0.25, -0.2) is 22.9 Å². The second-order valence-corrected chi connectivity index (χ2v) is 10.5. The van der Waals surface area contributed by atoms with Crippen molar-refractivity contribution in [1.29, 1.82) is 0 Å². The monoisotopic (exact) mass is 557 g/mol. The van der Waals surface area contributed by atoms with Crippen molar-refractivity contribution < 1.29 is 17.9 Å². The first kappa shape index (κ1) is 27.3. The van der Waals surface area contributed by atoms with E-state index >= 15 is 0 Å². The molecule has 38 heavy (non-hydrogen) atoms. The largest absolute Gasteiger partial charge is 0.450 e. The summed E-state index contributed by atoms with van der Waals surface area (Å²) in [6.45, 7) is 1.30. The fourth-order valence-electron chi connectivity index (χ4n) is 3.67. The number of alkyl carbamates (subject to hydrolysis) is 1. The van der Waals surface area contributed by atoms with Gasteiger partial charge in [-0.2, -0.15) is 9.97 Å². The number of amides is 1. The molecule has 4 aromatic rings. The number of halogens is 1. The predicted octanol–water partition coefficient (Wildman–Crippen LogP) is 3.71. The molecule has 0 spiro atoms.